The highest BCUT2D eigenvalue weighted by atomic mass is 32.1. The van der Waals surface area contributed by atoms with Gasteiger partial charge in [0, 0.05) is 12.1 Å². The molecule has 1 unspecified atom stereocenters. The Balaban J connectivity index is 1.81. The Hall–Kier alpha value is -1.66. The van der Waals surface area contributed by atoms with Gasteiger partial charge in [-0.15, -0.1) is 0 Å². The quantitative estimate of drug-likeness (QED) is 0.753. The molecule has 108 valence electrons. The molecule has 6 heteroatoms. The predicted octanol–water partition coefficient (Wildman–Crippen LogP) is 0.649. The van der Waals surface area contributed by atoms with Gasteiger partial charge in [-0.05, 0) is 43.7 Å². The number of nitrogens with two attached hydrogens (primary N) is 2. The second-order valence-corrected chi connectivity index (χ2v) is 5.27. The summed E-state index contributed by atoms with van der Waals surface area (Å²) in [6.45, 7) is 2.12. The highest BCUT2D eigenvalue weighted by Gasteiger charge is 2.28. The fraction of sp³-hybridized carbons (Fsp3) is 0.429. The lowest BCUT2D eigenvalue weighted by Crippen LogP contribution is -2.42. The van der Waals surface area contributed by atoms with E-state index in [0.29, 0.717) is 18.1 Å². The summed E-state index contributed by atoms with van der Waals surface area (Å²) in [4.78, 5) is 13.7. The second kappa shape index (κ2) is 6.67. The number of ether oxygens (including phenoxy) is 1. The molecule has 0 spiro atoms. The molecule has 1 atom stereocenters. The van der Waals surface area contributed by atoms with Crippen molar-refractivity contribution < 1.29 is 9.53 Å². The Kier molecular flexibility index (Phi) is 4.92. The van der Waals surface area contributed by atoms with Crippen molar-refractivity contribution in [2.24, 2.45) is 11.5 Å². The molecule has 0 aromatic heterocycles. The Morgan fingerprint density at radius 3 is 2.65 bits per heavy atom. The van der Waals surface area contributed by atoms with Gasteiger partial charge >= 0.3 is 0 Å². The number of hydrogen-bond acceptors (Lipinski definition) is 4. The van der Waals surface area contributed by atoms with Crippen molar-refractivity contribution in [2.75, 3.05) is 19.7 Å². The summed E-state index contributed by atoms with van der Waals surface area (Å²) >= 11 is 4.89. The van der Waals surface area contributed by atoms with E-state index in [1.165, 1.54) is 0 Å². The van der Waals surface area contributed by atoms with Crippen molar-refractivity contribution in [3.8, 4) is 5.75 Å². The molecule has 1 aliphatic rings. The second-order valence-electron chi connectivity index (χ2n) is 4.83. The summed E-state index contributed by atoms with van der Waals surface area (Å²) in [5.41, 5.74) is 11.7. The summed E-state index contributed by atoms with van der Waals surface area (Å²) in [5.74, 6) is 0.517. The highest BCUT2D eigenvalue weighted by Crippen LogP contribution is 2.17. The van der Waals surface area contributed by atoms with Crippen LogP contribution < -0.4 is 16.2 Å². The van der Waals surface area contributed by atoms with E-state index >= 15 is 0 Å². The first-order valence-electron chi connectivity index (χ1n) is 6.64. The molecular weight excluding hydrogens is 274 g/mol. The Labute approximate surface area is 123 Å². The van der Waals surface area contributed by atoms with Gasteiger partial charge in [-0.2, -0.15) is 0 Å². The largest absolute Gasteiger partial charge is 0.492 e. The van der Waals surface area contributed by atoms with Crippen molar-refractivity contribution >= 4 is 23.1 Å². The Morgan fingerprint density at radius 2 is 2.05 bits per heavy atom. The SMILES string of the molecule is NC(=O)C1CCCN1CCOc1ccc(C(N)=S)cc1. The highest BCUT2D eigenvalue weighted by molar-refractivity contribution is 7.80. The zero-order valence-corrected chi connectivity index (χ0v) is 12.1. The Bertz CT molecular complexity index is 490. The summed E-state index contributed by atoms with van der Waals surface area (Å²) in [6.07, 6.45) is 1.86. The molecule has 4 N–H and O–H groups in total. The fourth-order valence-corrected chi connectivity index (χ4v) is 2.55. The van der Waals surface area contributed by atoms with Crippen LogP contribution in [-0.2, 0) is 4.79 Å². The van der Waals surface area contributed by atoms with Crippen LogP contribution in [0.15, 0.2) is 24.3 Å². The van der Waals surface area contributed by atoms with Gasteiger partial charge in [0.15, 0.2) is 0 Å². The predicted molar refractivity (Wildman–Crippen MR) is 81.6 cm³/mol. The molecule has 0 aliphatic carbocycles. The van der Waals surface area contributed by atoms with Crippen molar-refractivity contribution in [3.05, 3.63) is 29.8 Å². The molecule has 5 nitrogen and oxygen atoms in total. The molecule has 1 aromatic carbocycles. The lowest BCUT2D eigenvalue weighted by atomic mass is 10.2. The molecule has 1 heterocycles. The van der Waals surface area contributed by atoms with E-state index in [1.807, 2.05) is 24.3 Å². The number of carbonyl (C=O) groups is 1. The lowest BCUT2D eigenvalue weighted by molar-refractivity contribution is -0.122. The first-order chi connectivity index (χ1) is 9.58. The fourth-order valence-electron chi connectivity index (χ4n) is 2.41. The third-order valence-corrected chi connectivity index (χ3v) is 3.71. The number of rotatable bonds is 6. The van der Waals surface area contributed by atoms with Gasteiger partial charge in [0.1, 0.15) is 17.3 Å². The molecule has 1 saturated heterocycles. The number of carbonyl (C=O) groups excluding carboxylic acids is 1. The van der Waals surface area contributed by atoms with Gasteiger partial charge in [0.25, 0.3) is 0 Å². The third-order valence-electron chi connectivity index (χ3n) is 3.48. The van der Waals surface area contributed by atoms with Crippen molar-refractivity contribution in [3.63, 3.8) is 0 Å². The number of nitrogens with zero attached hydrogens (tertiary/aromatic N) is 1. The summed E-state index contributed by atoms with van der Waals surface area (Å²) < 4.78 is 5.65. The zero-order chi connectivity index (χ0) is 14.5. The summed E-state index contributed by atoms with van der Waals surface area (Å²) in [6, 6.07) is 7.20. The molecule has 1 aliphatic heterocycles. The van der Waals surface area contributed by atoms with Crippen LogP contribution in [0.3, 0.4) is 0 Å². The topological polar surface area (TPSA) is 81.6 Å². The first-order valence-corrected chi connectivity index (χ1v) is 7.05. The van der Waals surface area contributed by atoms with Crippen LogP contribution in [0, 0.1) is 0 Å². The molecule has 20 heavy (non-hydrogen) atoms. The van der Waals surface area contributed by atoms with E-state index in [0.717, 1.165) is 30.7 Å². The first kappa shape index (κ1) is 14.7. The molecular formula is C14H19N3O2S. The number of hydrogen-bond donors (Lipinski definition) is 2. The molecule has 0 saturated carbocycles. The van der Waals surface area contributed by atoms with E-state index in [-0.39, 0.29) is 11.9 Å². The van der Waals surface area contributed by atoms with E-state index < -0.39 is 0 Å². The van der Waals surface area contributed by atoms with Gasteiger partial charge in [-0.1, -0.05) is 12.2 Å². The number of benzene rings is 1. The number of likely N-dealkylation sites (tertiary alicyclic amines) is 1. The van der Waals surface area contributed by atoms with E-state index in [4.69, 9.17) is 28.4 Å². The average Bonchev–Trinajstić information content (AvgIpc) is 2.88. The van der Waals surface area contributed by atoms with Crippen LogP contribution >= 0.6 is 12.2 Å². The maximum Gasteiger partial charge on any atom is 0.234 e. The van der Waals surface area contributed by atoms with Crippen LogP contribution in [0.25, 0.3) is 0 Å². The van der Waals surface area contributed by atoms with Crippen LogP contribution in [-0.4, -0.2) is 41.5 Å². The molecule has 0 bridgehead atoms. The lowest BCUT2D eigenvalue weighted by Gasteiger charge is -2.21. The minimum absolute atomic E-state index is 0.143. The van der Waals surface area contributed by atoms with Gasteiger partial charge in [0.2, 0.25) is 5.91 Å². The minimum atomic E-state index is -0.247. The van der Waals surface area contributed by atoms with Crippen LogP contribution in [0.1, 0.15) is 18.4 Å². The molecule has 1 fully saturated rings. The van der Waals surface area contributed by atoms with Crippen LogP contribution in [0.4, 0.5) is 0 Å². The smallest absolute Gasteiger partial charge is 0.234 e. The Morgan fingerprint density at radius 1 is 1.35 bits per heavy atom. The molecule has 1 aromatic rings. The zero-order valence-electron chi connectivity index (χ0n) is 11.2. The normalized spacial score (nSPS) is 18.9. The standard InChI is InChI=1S/C14H19N3O2S/c15-13(18)12-2-1-7-17(12)8-9-19-11-5-3-10(4-6-11)14(16)20/h3-6,12H,1-2,7-9H2,(H2,15,18)(H2,16,20). The van der Waals surface area contributed by atoms with Crippen LogP contribution in [0.5, 0.6) is 5.75 Å². The number of thiocarbonyl (C=S) groups is 1. The van der Waals surface area contributed by atoms with Crippen molar-refractivity contribution in [1.29, 1.82) is 0 Å². The third kappa shape index (κ3) is 3.68. The van der Waals surface area contributed by atoms with Crippen molar-refractivity contribution in [2.45, 2.75) is 18.9 Å². The minimum Gasteiger partial charge on any atom is -0.492 e. The number of primary amides is 1. The van der Waals surface area contributed by atoms with E-state index in [9.17, 15) is 4.79 Å². The summed E-state index contributed by atoms with van der Waals surface area (Å²) in [7, 11) is 0. The molecule has 2 rings (SSSR count). The monoisotopic (exact) mass is 293 g/mol. The number of amides is 1. The van der Waals surface area contributed by atoms with Crippen LogP contribution in [0.2, 0.25) is 0 Å². The van der Waals surface area contributed by atoms with E-state index in [1.54, 1.807) is 0 Å². The van der Waals surface area contributed by atoms with Gasteiger partial charge < -0.3 is 16.2 Å². The van der Waals surface area contributed by atoms with Gasteiger partial charge in [-0.25, -0.2) is 0 Å². The van der Waals surface area contributed by atoms with E-state index in [2.05, 4.69) is 4.90 Å². The maximum atomic E-state index is 11.3. The van der Waals surface area contributed by atoms with Gasteiger partial charge in [0.05, 0.1) is 6.04 Å². The van der Waals surface area contributed by atoms with Gasteiger partial charge in [-0.3, -0.25) is 9.69 Å². The molecule has 1 amide bonds. The average molecular weight is 293 g/mol. The molecule has 0 radical (unpaired) electrons. The van der Waals surface area contributed by atoms with Crippen molar-refractivity contribution in [1.82, 2.24) is 4.90 Å². The maximum absolute atomic E-state index is 11.3. The summed E-state index contributed by atoms with van der Waals surface area (Å²) in [5, 5.41) is 0.